The van der Waals surface area contributed by atoms with Crippen LogP contribution in [0.5, 0.6) is 0 Å². The number of hydrogen-bond acceptors (Lipinski definition) is 1. The Bertz CT molecular complexity index is 326. The summed E-state index contributed by atoms with van der Waals surface area (Å²) >= 11 is 0. The van der Waals surface area contributed by atoms with Gasteiger partial charge in [-0.25, -0.2) is 0 Å². The average Bonchev–Trinajstić information content (AvgIpc) is 2.02. The van der Waals surface area contributed by atoms with E-state index in [0.29, 0.717) is 0 Å². The lowest BCUT2D eigenvalue weighted by molar-refractivity contribution is 0.380. The molecule has 0 atom stereocenters. The molecule has 1 heterocycles. The minimum absolute atomic E-state index is 0.152. The van der Waals surface area contributed by atoms with Gasteiger partial charge in [0.25, 0.3) is 0 Å². The molecule has 0 saturated carbocycles. The number of fused-ring (bicyclic) bond motifs is 1. The maximum atomic E-state index is 3.56. The standard InChI is InChI=1S/C12H17N/c1-9-5-4-6-10-7-8-13-12(2,3)11(9)10/h4-6,13H,7-8H2,1-3H3. The van der Waals surface area contributed by atoms with Crippen LogP contribution in [0.3, 0.4) is 0 Å². The van der Waals surface area contributed by atoms with Gasteiger partial charge < -0.3 is 5.32 Å². The molecule has 70 valence electrons. The van der Waals surface area contributed by atoms with Gasteiger partial charge in [0.05, 0.1) is 0 Å². The molecule has 0 aromatic heterocycles. The first-order valence-electron chi connectivity index (χ1n) is 4.95. The number of benzene rings is 1. The lowest BCUT2D eigenvalue weighted by Gasteiger charge is -2.35. The molecule has 1 aliphatic heterocycles. The molecular weight excluding hydrogens is 158 g/mol. The van der Waals surface area contributed by atoms with Crippen LogP contribution in [0.25, 0.3) is 0 Å². The van der Waals surface area contributed by atoms with Gasteiger partial charge >= 0.3 is 0 Å². The molecule has 1 aliphatic rings. The minimum Gasteiger partial charge on any atom is -0.307 e. The second-order valence-electron chi connectivity index (χ2n) is 4.41. The van der Waals surface area contributed by atoms with Crippen LogP contribution in [0, 0.1) is 6.92 Å². The van der Waals surface area contributed by atoms with E-state index in [-0.39, 0.29) is 5.54 Å². The Labute approximate surface area is 80.2 Å². The van der Waals surface area contributed by atoms with Crippen molar-refractivity contribution in [2.45, 2.75) is 32.7 Å². The quantitative estimate of drug-likeness (QED) is 0.638. The third-order valence-electron chi connectivity index (χ3n) is 2.95. The molecule has 0 radical (unpaired) electrons. The largest absolute Gasteiger partial charge is 0.307 e. The molecule has 0 bridgehead atoms. The number of nitrogens with one attached hydrogen (secondary N) is 1. The van der Waals surface area contributed by atoms with Gasteiger partial charge in [0, 0.05) is 5.54 Å². The van der Waals surface area contributed by atoms with Gasteiger partial charge in [-0.05, 0) is 50.4 Å². The average molecular weight is 175 g/mol. The minimum atomic E-state index is 0.152. The number of aryl methyl sites for hydroxylation is 1. The molecule has 2 rings (SSSR count). The van der Waals surface area contributed by atoms with Crippen LogP contribution in [0.4, 0.5) is 0 Å². The highest BCUT2D eigenvalue weighted by Crippen LogP contribution is 2.30. The van der Waals surface area contributed by atoms with Crippen molar-refractivity contribution in [2.75, 3.05) is 6.54 Å². The van der Waals surface area contributed by atoms with Crippen molar-refractivity contribution in [2.24, 2.45) is 0 Å². The molecule has 1 nitrogen and oxygen atoms in total. The van der Waals surface area contributed by atoms with E-state index in [0.717, 1.165) is 6.54 Å². The van der Waals surface area contributed by atoms with Crippen molar-refractivity contribution < 1.29 is 0 Å². The molecule has 13 heavy (non-hydrogen) atoms. The van der Waals surface area contributed by atoms with Crippen molar-refractivity contribution in [3.63, 3.8) is 0 Å². The van der Waals surface area contributed by atoms with Crippen LogP contribution in [0.1, 0.15) is 30.5 Å². The first kappa shape index (κ1) is 8.76. The Morgan fingerprint density at radius 2 is 2.08 bits per heavy atom. The summed E-state index contributed by atoms with van der Waals surface area (Å²) in [5.41, 5.74) is 4.58. The van der Waals surface area contributed by atoms with E-state index in [1.165, 1.54) is 23.1 Å². The monoisotopic (exact) mass is 175 g/mol. The van der Waals surface area contributed by atoms with Gasteiger partial charge in [0.15, 0.2) is 0 Å². The van der Waals surface area contributed by atoms with E-state index < -0.39 is 0 Å². The van der Waals surface area contributed by atoms with Crippen LogP contribution in [0.15, 0.2) is 18.2 Å². The van der Waals surface area contributed by atoms with E-state index in [9.17, 15) is 0 Å². The van der Waals surface area contributed by atoms with Gasteiger partial charge in [0.1, 0.15) is 0 Å². The van der Waals surface area contributed by atoms with Crippen LogP contribution in [0.2, 0.25) is 0 Å². The van der Waals surface area contributed by atoms with Gasteiger partial charge in [-0.15, -0.1) is 0 Å². The van der Waals surface area contributed by atoms with E-state index >= 15 is 0 Å². The fourth-order valence-electron chi connectivity index (χ4n) is 2.43. The van der Waals surface area contributed by atoms with Crippen molar-refractivity contribution in [1.82, 2.24) is 5.32 Å². The Hall–Kier alpha value is -0.820. The normalized spacial score (nSPS) is 19.6. The molecule has 1 aromatic rings. The van der Waals surface area contributed by atoms with Gasteiger partial charge in [0.2, 0.25) is 0 Å². The van der Waals surface area contributed by atoms with Crippen LogP contribution < -0.4 is 5.32 Å². The molecule has 0 unspecified atom stereocenters. The lowest BCUT2D eigenvalue weighted by atomic mass is 9.82. The zero-order valence-corrected chi connectivity index (χ0v) is 8.65. The van der Waals surface area contributed by atoms with Crippen molar-refractivity contribution in [3.05, 3.63) is 34.9 Å². The van der Waals surface area contributed by atoms with Crippen LogP contribution >= 0.6 is 0 Å². The number of rotatable bonds is 0. The highest BCUT2D eigenvalue weighted by atomic mass is 15.0. The third-order valence-corrected chi connectivity index (χ3v) is 2.95. The zero-order chi connectivity index (χ0) is 9.47. The first-order valence-corrected chi connectivity index (χ1v) is 4.95. The zero-order valence-electron chi connectivity index (χ0n) is 8.65. The van der Waals surface area contributed by atoms with Crippen LogP contribution in [-0.4, -0.2) is 6.54 Å². The van der Waals surface area contributed by atoms with Crippen molar-refractivity contribution in [1.29, 1.82) is 0 Å². The predicted octanol–water partition coefficient (Wildman–Crippen LogP) is 2.38. The highest BCUT2D eigenvalue weighted by Gasteiger charge is 2.27. The SMILES string of the molecule is Cc1cccc2c1C(C)(C)NCC2. The van der Waals surface area contributed by atoms with Crippen molar-refractivity contribution in [3.8, 4) is 0 Å². The van der Waals surface area contributed by atoms with Crippen molar-refractivity contribution >= 4 is 0 Å². The molecule has 1 aromatic carbocycles. The third kappa shape index (κ3) is 1.37. The molecule has 0 fully saturated rings. The molecule has 1 heteroatoms. The summed E-state index contributed by atoms with van der Waals surface area (Å²) in [4.78, 5) is 0. The maximum Gasteiger partial charge on any atom is 0.0382 e. The summed E-state index contributed by atoms with van der Waals surface area (Å²) in [6.07, 6.45) is 1.17. The summed E-state index contributed by atoms with van der Waals surface area (Å²) in [6.45, 7) is 7.83. The Kier molecular flexibility index (Phi) is 1.92. The first-order chi connectivity index (χ1) is 6.11. The summed E-state index contributed by atoms with van der Waals surface area (Å²) in [5, 5.41) is 3.56. The fraction of sp³-hybridized carbons (Fsp3) is 0.500. The molecule has 1 N–H and O–H groups in total. The van der Waals surface area contributed by atoms with Crippen LogP contribution in [-0.2, 0) is 12.0 Å². The lowest BCUT2D eigenvalue weighted by Crippen LogP contribution is -2.43. The van der Waals surface area contributed by atoms with Gasteiger partial charge in [-0.3, -0.25) is 0 Å². The fourth-order valence-corrected chi connectivity index (χ4v) is 2.43. The van der Waals surface area contributed by atoms with E-state index in [4.69, 9.17) is 0 Å². The Morgan fingerprint density at radius 1 is 1.31 bits per heavy atom. The van der Waals surface area contributed by atoms with E-state index in [2.05, 4.69) is 44.3 Å². The second-order valence-corrected chi connectivity index (χ2v) is 4.41. The Balaban J connectivity index is 2.61. The summed E-state index contributed by atoms with van der Waals surface area (Å²) in [7, 11) is 0. The Morgan fingerprint density at radius 3 is 2.77 bits per heavy atom. The molecule has 0 aliphatic carbocycles. The molecule has 0 spiro atoms. The second kappa shape index (κ2) is 2.85. The highest BCUT2D eigenvalue weighted by molar-refractivity contribution is 5.41. The van der Waals surface area contributed by atoms with Gasteiger partial charge in [-0.2, -0.15) is 0 Å². The molecule has 0 amide bonds. The van der Waals surface area contributed by atoms with E-state index in [1.807, 2.05) is 0 Å². The topological polar surface area (TPSA) is 12.0 Å². The maximum absolute atomic E-state index is 3.56. The summed E-state index contributed by atoms with van der Waals surface area (Å²) in [6, 6.07) is 6.62. The predicted molar refractivity (Wildman–Crippen MR) is 55.9 cm³/mol. The number of hydrogen-bond donors (Lipinski definition) is 1. The molecular formula is C12H17N. The van der Waals surface area contributed by atoms with E-state index in [1.54, 1.807) is 0 Å². The molecule has 0 saturated heterocycles. The summed E-state index contributed by atoms with van der Waals surface area (Å²) < 4.78 is 0. The summed E-state index contributed by atoms with van der Waals surface area (Å²) in [5.74, 6) is 0. The van der Waals surface area contributed by atoms with Gasteiger partial charge in [-0.1, -0.05) is 18.2 Å². The smallest absolute Gasteiger partial charge is 0.0382 e.